The number of alkyl carbamates (subject to hydrolysis) is 1. The van der Waals surface area contributed by atoms with Crippen molar-refractivity contribution in [3.63, 3.8) is 0 Å². The minimum atomic E-state index is -3.07. The predicted octanol–water partition coefficient (Wildman–Crippen LogP) is 0.384. The molecule has 0 saturated carbocycles. The van der Waals surface area contributed by atoms with Gasteiger partial charge in [0.05, 0.1) is 24.2 Å². The first-order valence-electron chi connectivity index (χ1n) is 6.89. The van der Waals surface area contributed by atoms with Crippen LogP contribution in [-0.4, -0.2) is 62.7 Å². The third-order valence-corrected chi connectivity index (χ3v) is 5.48. The number of rotatable bonds is 3. The van der Waals surface area contributed by atoms with E-state index in [4.69, 9.17) is 4.74 Å². The van der Waals surface area contributed by atoms with E-state index < -0.39 is 15.9 Å². The van der Waals surface area contributed by atoms with E-state index >= 15 is 0 Å². The minimum Gasteiger partial charge on any atom is -0.450 e. The van der Waals surface area contributed by atoms with Crippen LogP contribution in [0, 0.1) is 0 Å². The molecule has 1 amide bonds. The number of ether oxygens (including phenoxy) is 1. The predicted molar refractivity (Wildman–Crippen MR) is 71.8 cm³/mol. The monoisotopic (exact) mass is 290 g/mol. The number of nitrogens with one attached hydrogen (secondary N) is 1. The van der Waals surface area contributed by atoms with Gasteiger partial charge in [0.15, 0.2) is 9.84 Å². The van der Waals surface area contributed by atoms with Gasteiger partial charge in [-0.25, -0.2) is 13.2 Å². The van der Waals surface area contributed by atoms with Crippen molar-refractivity contribution in [2.45, 2.75) is 38.3 Å². The summed E-state index contributed by atoms with van der Waals surface area (Å²) in [5.74, 6) is 0.164. The average Bonchev–Trinajstić information content (AvgIpc) is 2.66. The summed E-state index contributed by atoms with van der Waals surface area (Å²) in [6.07, 6.45) is 2.88. The lowest BCUT2D eigenvalue weighted by Gasteiger charge is -2.34. The van der Waals surface area contributed by atoms with Crippen LogP contribution in [0.3, 0.4) is 0 Å². The summed E-state index contributed by atoms with van der Waals surface area (Å²) < 4.78 is 28.5. The average molecular weight is 290 g/mol. The summed E-state index contributed by atoms with van der Waals surface area (Å²) in [4.78, 5) is 13.7. The molecule has 2 saturated heterocycles. The number of amides is 1. The van der Waals surface area contributed by atoms with Crippen molar-refractivity contribution in [1.29, 1.82) is 0 Å². The highest BCUT2D eigenvalue weighted by Crippen LogP contribution is 2.22. The Balaban J connectivity index is 2.03. The lowest BCUT2D eigenvalue weighted by molar-refractivity contribution is 0.128. The second kappa shape index (κ2) is 6.09. The molecule has 0 unspecified atom stereocenters. The molecule has 0 radical (unpaired) electrons. The van der Waals surface area contributed by atoms with Crippen molar-refractivity contribution < 1.29 is 17.9 Å². The lowest BCUT2D eigenvalue weighted by Crippen LogP contribution is -2.52. The maximum atomic E-state index is 11.8. The number of hydrogen-bond donors (Lipinski definition) is 1. The van der Waals surface area contributed by atoms with Crippen LogP contribution in [0.4, 0.5) is 4.79 Å². The van der Waals surface area contributed by atoms with Gasteiger partial charge < -0.3 is 10.1 Å². The summed E-state index contributed by atoms with van der Waals surface area (Å²) in [6, 6.07) is -0.447. The van der Waals surface area contributed by atoms with Gasteiger partial charge in [0.1, 0.15) is 0 Å². The Morgan fingerprint density at radius 2 is 1.95 bits per heavy atom. The lowest BCUT2D eigenvalue weighted by atomic mass is 10.1. The largest absolute Gasteiger partial charge is 0.450 e. The second-order valence-corrected chi connectivity index (χ2v) is 7.37. The summed E-state index contributed by atoms with van der Waals surface area (Å²) >= 11 is 0. The van der Waals surface area contributed by atoms with Crippen LogP contribution in [0.15, 0.2) is 0 Å². The molecule has 2 atom stereocenters. The molecule has 6 nitrogen and oxygen atoms in total. The van der Waals surface area contributed by atoms with Gasteiger partial charge in [-0.1, -0.05) is 6.42 Å². The maximum Gasteiger partial charge on any atom is 0.407 e. The molecule has 2 fully saturated rings. The molecule has 0 aromatic carbocycles. The Labute approximate surface area is 114 Å². The molecular weight excluding hydrogens is 268 g/mol. The highest BCUT2D eigenvalue weighted by molar-refractivity contribution is 7.91. The van der Waals surface area contributed by atoms with E-state index in [0.29, 0.717) is 6.61 Å². The fraction of sp³-hybridized carbons (Fsp3) is 0.917. The van der Waals surface area contributed by atoms with Gasteiger partial charge in [0, 0.05) is 6.04 Å². The van der Waals surface area contributed by atoms with Gasteiger partial charge in [0.25, 0.3) is 0 Å². The third-order valence-electron chi connectivity index (χ3n) is 3.76. The van der Waals surface area contributed by atoms with E-state index in [-0.39, 0.29) is 23.6 Å². The maximum absolute atomic E-state index is 11.8. The van der Waals surface area contributed by atoms with Crippen LogP contribution in [0.25, 0.3) is 0 Å². The van der Waals surface area contributed by atoms with Crippen molar-refractivity contribution in [1.82, 2.24) is 10.2 Å². The van der Waals surface area contributed by atoms with E-state index in [1.807, 2.05) is 0 Å². The first-order valence-corrected chi connectivity index (χ1v) is 8.72. The number of carbonyl (C=O) groups excluding carboxylic acids is 1. The van der Waals surface area contributed by atoms with E-state index in [9.17, 15) is 13.2 Å². The van der Waals surface area contributed by atoms with Gasteiger partial charge in [-0.2, -0.15) is 0 Å². The number of hydrogen-bond acceptors (Lipinski definition) is 5. The van der Waals surface area contributed by atoms with E-state index in [1.54, 1.807) is 6.92 Å². The van der Waals surface area contributed by atoms with Crippen LogP contribution in [-0.2, 0) is 14.6 Å². The smallest absolute Gasteiger partial charge is 0.407 e. The van der Waals surface area contributed by atoms with Gasteiger partial charge in [0.2, 0.25) is 0 Å². The molecule has 2 rings (SSSR count). The van der Waals surface area contributed by atoms with Crippen molar-refractivity contribution in [2.24, 2.45) is 0 Å². The molecule has 0 aliphatic carbocycles. The van der Waals surface area contributed by atoms with Gasteiger partial charge in [-0.15, -0.1) is 0 Å². The molecule has 0 aromatic rings. The fourth-order valence-electron chi connectivity index (χ4n) is 2.90. The van der Waals surface area contributed by atoms with Crippen molar-refractivity contribution in [3.05, 3.63) is 0 Å². The summed E-state index contributed by atoms with van der Waals surface area (Å²) in [5, 5.41) is 2.70. The van der Waals surface area contributed by atoms with Crippen LogP contribution in [0.5, 0.6) is 0 Å². The Hall–Kier alpha value is -0.820. The second-order valence-electron chi connectivity index (χ2n) is 5.21. The quantitative estimate of drug-likeness (QED) is 0.813. The van der Waals surface area contributed by atoms with Crippen LogP contribution in [0.1, 0.15) is 26.2 Å². The number of sulfone groups is 1. The van der Waals surface area contributed by atoms with Gasteiger partial charge in [-0.05, 0) is 32.9 Å². The Bertz CT molecular complexity index is 417. The number of nitrogens with zero attached hydrogens (tertiary/aromatic N) is 1. The van der Waals surface area contributed by atoms with E-state index in [0.717, 1.165) is 25.9 Å². The Kier molecular flexibility index (Phi) is 4.67. The van der Waals surface area contributed by atoms with Crippen molar-refractivity contribution in [2.75, 3.05) is 31.2 Å². The molecule has 19 heavy (non-hydrogen) atoms. The number of piperidine rings is 1. The number of likely N-dealkylation sites (tertiary alicyclic amines) is 1. The molecule has 2 aliphatic rings. The zero-order valence-electron chi connectivity index (χ0n) is 11.3. The topological polar surface area (TPSA) is 75.7 Å². The Morgan fingerprint density at radius 3 is 2.58 bits per heavy atom. The zero-order chi connectivity index (χ0) is 13.9. The molecule has 110 valence electrons. The van der Waals surface area contributed by atoms with E-state index in [1.165, 1.54) is 6.42 Å². The summed E-state index contributed by atoms with van der Waals surface area (Å²) in [6.45, 7) is 3.86. The Morgan fingerprint density at radius 1 is 1.26 bits per heavy atom. The highest BCUT2D eigenvalue weighted by atomic mass is 32.2. The first-order chi connectivity index (χ1) is 9.02. The van der Waals surface area contributed by atoms with E-state index in [2.05, 4.69) is 10.2 Å². The SMILES string of the molecule is CCOC(=O)N[C@@H]1CS(=O)(=O)C[C@H]1N1CCCCC1. The van der Waals surface area contributed by atoms with Gasteiger partial charge in [-0.3, -0.25) is 4.90 Å². The van der Waals surface area contributed by atoms with Crippen molar-refractivity contribution >= 4 is 15.9 Å². The minimum absolute atomic E-state index is 0.0208. The van der Waals surface area contributed by atoms with Crippen LogP contribution < -0.4 is 5.32 Å². The molecule has 2 heterocycles. The molecule has 7 heteroatoms. The summed E-state index contributed by atoms with van der Waals surface area (Å²) in [7, 11) is -3.07. The molecule has 1 N–H and O–H groups in total. The fourth-order valence-corrected chi connectivity index (χ4v) is 4.85. The van der Waals surface area contributed by atoms with Crippen LogP contribution in [0.2, 0.25) is 0 Å². The first kappa shape index (κ1) is 14.6. The molecular formula is C12H22N2O4S. The van der Waals surface area contributed by atoms with Crippen molar-refractivity contribution in [3.8, 4) is 0 Å². The van der Waals surface area contributed by atoms with Crippen LogP contribution >= 0.6 is 0 Å². The molecule has 0 bridgehead atoms. The normalized spacial score (nSPS) is 31.0. The standard InChI is InChI=1S/C12H22N2O4S/c1-2-18-12(15)13-10-8-19(16,17)9-11(10)14-6-4-3-5-7-14/h10-11H,2-9H2,1H3,(H,13,15)/t10-,11-/m1/s1. The molecule has 0 spiro atoms. The summed E-state index contributed by atoms with van der Waals surface area (Å²) in [5.41, 5.74) is 0. The number of carbonyl (C=O) groups is 1. The highest BCUT2D eigenvalue weighted by Gasteiger charge is 2.42. The molecule has 0 aromatic heterocycles. The zero-order valence-corrected chi connectivity index (χ0v) is 12.1. The van der Waals surface area contributed by atoms with Gasteiger partial charge >= 0.3 is 6.09 Å². The third kappa shape index (κ3) is 3.82. The molecule has 2 aliphatic heterocycles.